The number of nitro benzene ring substituents is 1. The molecule has 2 aromatic rings. The number of nitrogen functional groups attached to an aromatic ring is 2. The van der Waals surface area contributed by atoms with Gasteiger partial charge in [0.1, 0.15) is 5.69 Å². The Morgan fingerprint density at radius 2 is 1.58 bits per heavy atom. The van der Waals surface area contributed by atoms with E-state index >= 15 is 0 Å². The summed E-state index contributed by atoms with van der Waals surface area (Å²) >= 11 is 0. The average Bonchev–Trinajstić information content (AvgIpc) is 2.39. The number of rotatable bonds is 3. The van der Waals surface area contributed by atoms with Crippen LogP contribution in [0, 0.1) is 10.1 Å². The molecule has 96 valence electrons. The lowest BCUT2D eigenvalue weighted by molar-refractivity contribution is -0.383. The van der Waals surface area contributed by atoms with Crippen molar-refractivity contribution in [3.8, 4) is 0 Å². The van der Waals surface area contributed by atoms with Gasteiger partial charge in [-0.1, -0.05) is 0 Å². The van der Waals surface area contributed by atoms with Gasteiger partial charge in [-0.25, -0.2) is 0 Å². The van der Waals surface area contributed by atoms with Gasteiger partial charge in [-0.2, -0.15) is 0 Å². The molecule has 19 heavy (non-hydrogen) atoms. The van der Waals surface area contributed by atoms with E-state index in [1.54, 1.807) is 24.3 Å². The quantitative estimate of drug-likeness (QED) is 0.378. The van der Waals surface area contributed by atoms with E-state index in [1.165, 1.54) is 18.2 Å². The number of nitrogens with two attached hydrogens (primary N) is 2. The highest BCUT2D eigenvalue weighted by Crippen LogP contribution is 2.24. The molecule has 6 nitrogen and oxygen atoms in total. The molecule has 2 rings (SSSR count). The third-order valence-electron chi connectivity index (χ3n) is 2.66. The Balaban J connectivity index is 2.42. The first-order chi connectivity index (χ1) is 8.99. The molecule has 0 heterocycles. The molecular formula is C13H11N3O3. The number of hydrogen-bond acceptors (Lipinski definition) is 5. The summed E-state index contributed by atoms with van der Waals surface area (Å²) in [5.41, 5.74) is 11.9. The number of nitro groups is 1. The summed E-state index contributed by atoms with van der Waals surface area (Å²) in [5, 5.41) is 10.8. The third kappa shape index (κ3) is 2.52. The zero-order valence-electron chi connectivity index (χ0n) is 9.87. The highest BCUT2D eigenvalue weighted by atomic mass is 16.6. The van der Waals surface area contributed by atoms with E-state index in [0.29, 0.717) is 11.3 Å². The molecule has 0 saturated heterocycles. The van der Waals surface area contributed by atoms with E-state index in [4.69, 9.17) is 11.5 Å². The number of nitrogens with zero attached hydrogens (tertiary/aromatic N) is 1. The molecule has 4 N–H and O–H groups in total. The first kappa shape index (κ1) is 12.6. The molecule has 0 bridgehead atoms. The summed E-state index contributed by atoms with van der Waals surface area (Å²) in [5.74, 6) is -0.317. The molecule has 0 unspecified atom stereocenters. The summed E-state index contributed by atoms with van der Waals surface area (Å²) in [7, 11) is 0. The van der Waals surface area contributed by atoms with Gasteiger partial charge in [0.25, 0.3) is 5.69 Å². The van der Waals surface area contributed by atoms with Crippen LogP contribution in [-0.4, -0.2) is 10.7 Å². The lowest BCUT2D eigenvalue weighted by atomic mass is 10.0. The van der Waals surface area contributed by atoms with Gasteiger partial charge in [0.15, 0.2) is 5.78 Å². The highest BCUT2D eigenvalue weighted by molar-refractivity contribution is 6.09. The second-order valence-corrected chi connectivity index (χ2v) is 3.98. The van der Waals surface area contributed by atoms with Crippen molar-refractivity contribution in [2.24, 2.45) is 0 Å². The minimum Gasteiger partial charge on any atom is -0.399 e. The van der Waals surface area contributed by atoms with Crippen molar-refractivity contribution < 1.29 is 9.72 Å². The van der Waals surface area contributed by atoms with E-state index < -0.39 is 4.92 Å². The lowest BCUT2D eigenvalue weighted by Gasteiger charge is -2.03. The monoisotopic (exact) mass is 257 g/mol. The van der Waals surface area contributed by atoms with Gasteiger partial charge in [0, 0.05) is 22.9 Å². The summed E-state index contributed by atoms with van der Waals surface area (Å²) in [6, 6.07) is 10.3. The molecule has 0 aliphatic carbocycles. The van der Waals surface area contributed by atoms with Gasteiger partial charge < -0.3 is 11.5 Å². The molecule has 6 heteroatoms. The normalized spacial score (nSPS) is 10.1. The number of hydrogen-bond donors (Lipinski definition) is 2. The standard InChI is InChI=1S/C13H11N3O3/c14-10-4-1-8(2-5-10)13(17)9-3-6-11(15)12(7-9)16(18)19/h1-7H,14-15H2. The van der Waals surface area contributed by atoms with E-state index in [9.17, 15) is 14.9 Å². The summed E-state index contributed by atoms with van der Waals surface area (Å²) in [4.78, 5) is 22.3. The van der Waals surface area contributed by atoms with Gasteiger partial charge in [-0.05, 0) is 36.4 Å². The SMILES string of the molecule is Nc1ccc(C(=O)c2ccc(N)c([N+](=O)[O-])c2)cc1. The summed E-state index contributed by atoms with van der Waals surface area (Å²) < 4.78 is 0. The van der Waals surface area contributed by atoms with Crippen LogP contribution >= 0.6 is 0 Å². The fourth-order valence-electron chi connectivity index (χ4n) is 1.64. The number of anilines is 2. The number of ketones is 1. The topological polar surface area (TPSA) is 112 Å². The van der Waals surface area contributed by atoms with Crippen molar-refractivity contribution >= 4 is 22.8 Å². The van der Waals surface area contributed by atoms with Crippen molar-refractivity contribution in [2.45, 2.75) is 0 Å². The van der Waals surface area contributed by atoms with Crippen LogP contribution in [0.25, 0.3) is 0 Å². The maximum Gasteiger partial charge on any atom is 0.292 e. The Kier molecular flexibility index (Phi) is 3.15. The van der Waals surface area contributed by atoms with Crippen molar-refractivity contribution in [1.29, 1.82) is 0 Å². The second kappa shape index (κ2) is 4.77. The van der Waals surface area contributed by atoms with Crippen molar-refractivity contribution in [3.05, 3.63) is 63.7 Å². The van der Waals surface area contributed by atoms with Gasteiger partial charge >= 0.3 is 0 Å². The molecule has 2 aromatic carbocycles. The van der Waals surface area contributed by atoms with Gasteiger partial charge in [-0.3, -0.25) is 14.9 Å². The Hall–Kier alpha value is -2.89. The number of carbonyl (C=O) groups excluding carboxylic acids is 1. The molecule has 0 spiro atoms. The minimum atomic E-state index is -0.616. The molecule has 0 atom stereocenters. The van der Waals surface area contributed by atoms with Gasteiger partial charge in [0.05, 0.1) is 4.92 Å². The Bertz CT molecular complexity index is 651. The third-order valence-corrected chi connectivity index (χ3v) is 2.66. The fraction of sp³-hybridized carbons (Fsp3) is 0. The van der Waals surface area contributed by atoms with E-state index in [2.05, 4.69) is 0 Å². The second-order valence-electron chi connectivity index (χ2n) is 3.98. The predicted molar refractivity (Wildman–Crippen MR) is 71.8 cm³/mol. The smallest absolute Gasteiger partial charge is 0.292 e. The molecular weight excluding hydrogens is 246 g/mol. The van der Waals surface area contributed by atoms with Crippen LogP contribution < -0.4 is 11.5 Å². The molecule has 0 saturated carbocycles. The maximum absolute atomic E-state index is 12.1. The van der Waals surface area contributed by atoms with Crippen LogP contribution in [0.2, 0.25) is 0 Å². The van der Waals surface area contributed by atoms with Crippen molar-refractivity contribution in [2.75, 3.05) is 11.5 Å². The highest BCUT2D eigenvalue weighted by Gasteiger charge is 2.16. The van der Waals surface area contributed by atoms with Crippen molar-refractivity contribution in [1.82, 2.24) is 0 Å². The van der Waals surface area contributed by atoms with Crippen LogP contribution in [0.3, 0.4) is 0 Å². The van der Waals surface area contributed by atoms with E-state index in [0.717, 1.165) is 0 Å². The molecule has 0 fully saturated rings. The first-order valence-corrected chi connectivity index (χ1v) is 5.43. The summed E-state index contributed by atoms with van der Waals surface area (Å²) in [6.45, 7) is 0. The Morgan fingerprint density at radius 3 is 2.16 bits per heavy atom. The number of carbonyl (C=O) groups is 1. The van der Waals surface area contributed by atoms with Crippen molar-refractivity contribution in [3.63, 3.8) is 0 Å². The van der Waals surface area contributed by atoms with E-state index in [1.807, 2.05) is 0 Å². The van der Waals surface area contributed by atoms with Crippen LogP contribution in [0.4, 0.5) is 17.1 Å². The average molecular weight is 257 g/mol. The zero-order chi connectivity index (χ0) is 14.0. The minimum absolute atomic E-state index is 0.0267. The van der Waals surface area contributed by atoms with Crippen LogP contribution in [0.15, 0.2) is 42.5 Å². The lowest BCUT2D eigenvalue weighted by Crippen LogP contribution is -2.04. The first-order valence-electron chi connectivity index (χ1n) is 5.43. The van der Waals surface area contributed by atoms with Gasteiger partial charge in [-0.15, -0.1) is 0 Å². The molecule has 0 aliphatic heterocycles. The Labute approximate surface area is 108 Å². The Morgan fingerprint density at radius 1 is 1.00 bits per heavy atom. The van der Waals surface area contributed by atoms with Crippen LogP contribution in [0.5, 0.6) is 0 Å². The molecule has 0 aliphatic rings. The zero-order valence-corrected chi connectivity index (χ0v) is 9.87. The largest absolute Gasteiger partial charge is 0.399 e. The summed E-state index contributed by atoms with van der Waals surface area (Å²) in [6.07, 6.45) is 0. The maximum atomic E-state index is 12.1. The van der Waals surface area contributed by atoms with Gasteiger partial charge in [0.2, 0.25) is 0 Å². The fourth-order valence-corrected chi connectivity index (χ4v) is 1.64. The predicted octanol–water partition coefficient (Wildman–Crippen LogP) is 1.99. The molecule has 0 radical (unpaired) electrons. The van der Waals surface area contributed by atoms with E-state index in [-0.39, 0.29) is 22.7 Å². The van der Waals surface area contributed by atoms with Crippen LogP contribution in [-0.2, 0) is 0 Å². The molecule has 0 aromatic heterocycles. The number of benzene rings is 2. The van der Waals surface area contributed by atoms with Crippen LogP contribution in [0.1, 0.15) is 15.9 Å². The molecule has 0 amide bonds.